The summed E-state index contributed by atoms with van der Waals surface area (Å²) in [7, 11) is 0. The number of aromatic carboxylic acids is 1. The second-order valence-corrected chi connectivity index (χ2v) is 2.08. The van der Waals surface area contributed by atoms with Crippen molar-refractivity contribution in [2.75, 3.05) is 5.73 Å². The molecule has 0 radical (unpaired) electrons. The molecule has 0 aliphatic rings. The largest absolute Gasteiger partial charge is 0.508 e. The lowest BCUT2D eigenvalue weighted by atomic mass is 10.2. The lowest BCUT2D eigenvalue weighted by Crippen LogP contribution is -2.01. The molecule has 0 aromatic heterocycles. The van der Waals surface area contributed by atoms with Crippen LogP contribution in [-0.4, -0.2) is 16.2 Å². The van der Waals surface area contributed by atoms with Crippen LogP contribution >= 0.6 is 12.4 Å². The summed E-state index contributed by atoms with van der Waals surface area (Å²) >= 11 is 0. The quantitative estimate of drug-likeness (QED) is 0.578. The number of nitrogen functional groups attached to an aromatic ring is 1. The van der Waals surface area contributed by atoms with Crippen LogP contribution in [0.3, 0.4) is 0 Å². The zero-order valence-electron chi connectivity index (χ0n) is 6.02. The van der Waals surface area contributed by atoms with Gasteiger partial charge >= 0.3 is 5.97 Å². The molecule has 5 heteroatoms. The predicted octanol–water partition coefficient (Wildman–Crippen LogP) is 1.09. The molecule has 0 spiro atoms. The normalized spacial score (nSPS) is 8.67. The number of phenols is 1. The number of rotatable bonds is 1. The van der Waals surface area contributed by atoms with E-state index in [1.54, 1.807) is 0 Å². The number of aromatic hydroxyl groups is 1. The van der Waals surface area contributed by atoms with Gasteiger partial charge in [-0.15, -0.1) is 12.4 Å². The summed E-state index contributed by atoms with van der Waals surface area (Å²) in [5, 5.41) is 17.3. The highest BCUT2D eigenvalue weighted by molar-refractivity contribution is 5.93. The minimum Gasteiger partial charge on any atom is -0.508 e. The van der Waals surface area contributed by atoms with Crippen LogP contribution in [0.25, 0.3) is 0 Å². The topological polar surface area (TPSA) is 83.5 Å². The highest BCUT2D eigenvalue weighted by atomic mass is 35.5. The molecule has 4 nitrogen and oxygen atoms in total. The van der Waals surface area contributed by atoms with Crippen LogP contribution in [0.15, 0.2) is 18.2 Å². The minimum atomic E-state index is -1.09. The lowest BCUT2D eigenvalue weighted by molar-refractivity contribution is 0.0698. The van der Waals surface area contributed by atoms with Gasteiger partial charge in [-0.3, -0.25) is 0 Å². The first-order valence-electron chi connectivity index (χ1n) is 2.93. The second-order valence-electron chi connectivity index (χ2n) is 2.08. The van der Waals surface area contributed by atoms with Crippen LogP contribution in [0.4, 0.5) is 5.69 Å². The van der Waals surface area contributed by atoms with Gasteiger partial charge in [0.05, 0.1) is 5.56 Å². The van der Waals surface area contributed by atoms with Crippen molar-refractivity contribution in [3.63, 3.8) is 0 Å². The zero-order valence-corrected chi connectivity index (χ0v) is 6.84. The van der Waals surface area contributed by atoms with Gasteiger partial charge in [0.1, 0.15) is 5.75 Å². The van der Waals surface area contributed by atoms with Crippen molar-refractivity contribution in [3.8, 4) is 5.75 Å². The maximum Gasteiger partial charge on any atom is 0.337 e. The fourth-order valence-electron chi connectivity index (χ4n) is 0.745. The van der Waals surface area contributed by atoms with Gasteiger partial charge in [-0.25, -0.2) is 4.79 Å². The number of hydrogen-bond donors (Lipinski definition) is 3. The highest BCUT2D eigenvalue weighted by Crippen LogP contribution is 2.17. The molecule has 12 heavy (non-hydrogen) atoms. The molecule has 0 atom stereocenters. The van der Waals surface area contributed by atoms with E-state index in [9.17, 15) is 4.79 Å². The number of nitrogens with two attached hydrogens (primary N) is 1. The molecular weight excluding hydrogens is 182 g/mol. The van der Waals surface area contributed by atoms with Gasteiger partial charge in [0.15, 0.2) is 0 Å². The predicted molar refractivity (Wildman–Crippen MR) is 46.7 cm³/mol. The van der Waals surface area contributed by atoms with Gasteiger partial charge in [0.25, 0.3) is 0 Å². The Bertz CT molecular complexity index is 301. The summed E-state index contributed by atoms with van der Waals surface area (Å²) < 4.78 is 0. The van der Waals surface area contributed by atoms with E-state index in [1.807, 2.05) is 0 Å². The molecular formula is C7H8ClNO3. The van der Waals surface area contributed by atoms with E-state index in [4.69, 9.17) is 15.9 Å². The third-order valence-corrected chi connectivity index (χ3v) is 1.27. The van der Waals surface area contributed by atoms with Crippen LogP contribution in [-0.2, 0) is 0 Å². The molecule has 0 heterocycles. The Kier molecular flexibility index (Phi) is 3.37. The van der Waals surface area contributed by atoms with Gasteiger partial charge in [-0.2, -0.15) is 0 Å². The van der Waals surface area contributed by atoms with E-state index in [1.165, 1.54) is 18.2 Å². The van der Waals surface area contributed by atoms with Gasteiger partial charge in [0, 0.05) is 11.8 Å². The molecule has 0 bridgehead atoms. The fourth-order valence-corrected chi connectivity index (χ4v) is 0.745. The molecule has 1 aromatic rings. The van der Waals surface area contributed by atoms with E-state index in [0.717, 1.165) is 0 Å². The Morgan fingerprint density at radius 3 is 2.42 bits per heavy atom. The molecule has 0 amide bonds. The standard InChI is InChI=1S/C7H7NO3.ClH/c8-6-3-4(9)1-2-5(6)7(10)11;/h1-3,9H,8H2,(H,10,11);1H. The van der Waals surface area contributed by atoms with Gasteiger partial charge < -0.3 is 15.9 Å². The summed E-state index contributed by atoms with van der Waals surface area (Å²) in [5.41, 5.74) is 5.35. The van der Waals surface area contributed by atoms with E-state index in [-0.39, 0.29) is 29.4 Å². The second kappa shape index (κ2) is 3.82. The third kappa shape index (κ3) is 2.03. The highest BCUT2D eigenvalue weighted by Gasteiger charge is 2.06. The van der Waals surface area contributed by atoms with Crippen LogP contribution in [0.1, 0.15) is 10.4 Å². The molecule has 1 aromatic carbocycles. The van der Waals surface area contributed by atoms with Crippen molar-refractivity contribution in [2.24, 2.45) is 0 Å². The Labute approximate surface area is 75.0 Å². The average Bonchev–Trinajstić information content (AvgIpc) is 1.85. The number of carboxylic acid groups (broad SMARTS) is 1. The first kappa shape index (κ1) is 10.6. The van der Waals surface area contributed by atoms with Crippen molar-refractivity contribution < 1.29 is 15.0 Å². The monoisotopic (exact) mass is 189 g/mol. The smallest absolute Gasteiger partial charge is 0.337 e. The Balaban J connectivity index is 0.00000121. The summed E-state index contributed by atoms with van der Waals surface area (Å²) in [4.78, 5) is 10.4. The third-order valence-electron chi connectivity index (χ3n) is 1.27. The molecule has 66 valence electrons. The Hall–Kier alpha value is -1.42. The summed E-state index contributed by atoms with van der Waals surface area (Å²) in [6.45, 7) is 0. The van der Waals surface area contributed by atoms with Crippen molar-refractivity contribution in [1.29, 1.82) is 0 Å². The first-order valence-corrected chi connectivity index (χ1v) is 2.93. The number of hydrogen-bond acceptors (Lipinski definition) is 3. The molecule has 0 aliphatic carbocycles. The van der Waals surface area contributed by atoms with E-state index >= 15 is 0 Å². The molecule has 4 N–H and O–H groups in total. The van der Waals surface area contributed by atoms with Crippen LogP contribution < -0.4 is 5.73 Å². The number of carboxylic acids is 1. The molecule has 0 fully saturated rings. The minimum absolute atomic E-state index is 0. The van der Waals surface area contributed by atoms with Gasteiger partial charge in [0.2, 0.25) is 0 Å². The number of carbonyl (C=O) groups is 1. The molecule has 0 saturated carbocycles. The number of benzene rings is 1. The fraction of sp³-hybridized carbons (Fsp3) is 0. The molecule has 1 rings (SSSR count). The van der Waals surface area contributed by atoms with Gasteiger partial charge in [-0.05, 0) is 12.1 Å². The van der Waals surface area contributed by atoms with Crippen LogP contribution in [0.2, 0.25) is 0 Å². The van der Waals surface area contributed by atoms with Gasteiger partial charge in [-0.1, -0.05) is 0 Å². The Morgan fingerprint density at radius 1 is 1.42 bits per heavy atom. The number of anilines is 1. The van der Waals surface area contributed by atoms with E-state index in [0.29, 0.717) is 0 Å². The Morgan fingerprint density at radius 2 is 2.00 bits per heavy atom. The SMILES string of the molecule is Cl.Nc1cc(O)ccc1C(=O)O. The molecule has 0 aliphatic heterocycles. The zero-order chi connectivity index (χ0) is 8.43. The van der Waals surface area contributed by atoms with Crippen molar-refractivity contribution in [3.05, 3.63) is 23.8 Å². The van der Waals surface area contributed by atoms with E-state index < -0.39 is 5.97 Å². The van der Waals surface area contributed by atoms with Crippen molar-refractivity contribution in [1.82, 2.24) is 0 Å². The number of phenolic OH excluding ortho intramolecular Hbond substituents is 1. The van der Waals surface area contributed by atoms with Crippen LogP contribution in [0.5, 0.6) is 5.75 Å². The average molecular weight is 190 g/mol. The maximum atomic E-state index is 10.4. The summed E-state index contributed by atoms with van der Waals surface area (Å²) in [5.74, 6) is -1.13. The van der Waals surface area contributed by atoms with Crippen molar-refractivity contribution >= 4 is 24.1 Å². The number of halogens is 1. The van der Waals surface area contributed by atoms with E-state index in [2.05, 4.69) is 0 Å². The summed E-state index contributed by atoms with van der Waals surface area (Å²) in [6, 6.07) is 3.73. The first-order chi connectivity index (χ1) is 5.11. The van der Waals surface area contributed by atoms with Crippen LogP contribution in [0, 0.1) is 0 Å². The molecule has 0 saturated heterocycles. The lowest BCUT2D eigenvalue weighted by Gasteiger charge is -1.99. The summed E-state index contributed by atoms with van der Waals surface area (Å²) in [6.07, 6.45) is 0. The van der Waals surface area contributed by atoms with Crippen molar-refractivity contribution in [2.45, 2.75) is 0 Å². The maximum absolute atomic E-state index is 10.4. The molecule has 0 unspecified atom stereocenters.